The van der Waals surface area contributed by atoms with Crippen molar-refractivity contribution < 1.29 is 9.59 Å². The highest BCUT2D eigenvalue weighted by atomic mass is 16.2. The molecular formula is C28H26N4O2. The highest BCUT2D eigenvalue weighted by Gasteiger charge is 2.30. The van der Waals surface area contributed by atoms with E-state index in [-0.39, 0.29) is 24.4 Å². The fourth-order valence-electron chi connectivity index (χ4n) is 4.50. The van der Waals surface area contributed by atoms with Crippen LogP contribution < -0.4 is 10.6 Å². The second kappa shape index (κ2) is 9.77. The predicted molar refractivity (Wildman–Crippen MR) is 134 cm³/mol. The molecule has 5 rings (SSSR count). The first-order valence-corrected chi connectivity index (χ1v) is 11.4. The van der Waals surface area contributed by atoms with Crippen molar-refractivity contribution in [3.05, 3.63) is 120 Å². The summed E-state index contributed by atoms with van der Waals surface area (Å²) in [6.45, 7) is 1.80. The van der Waals surface area contributed by atoms with Crippen molar-refractivity contribution in [2.24, 2.45) is 0 Å². The van der Waals surface area contributed by atoms with Crippen molar-refractivity contribution in [1.29, 1.82) is 0 Å². The maximum Gasteiger partial charge on any atom is 0.257 e. The number of para-hydroxylation sites is 2. The Morgan fingerprint density at radius 1 is 0.765 bits per heavy atom. The Balaban J connectivity index is 1.33. The molecule has 2 amide bonds. The Labute approximate surface area is 198 Å². The second-order valence-corrected chi connectivity index (χ2v) is 8.32. The van der Waals surface area contributed by atoms with Gasteiger partial charge < -0.3 is 15.2 Å². The van der Waals surface area contributed by atoms with Crippen molar-refractivity contribution >= 4 is 23.2 Å². The van der Waals surface area contributed by atoms with Crippen LogP contribution >= 0.6 is 0 Å². The molecule has 6 nitrogen and oxygen atoms in total. The van der Waals surface area contributed by atoms with Gasteiger partial charge in [-0.3, -0.25) is 14.5 Å². The Hall–Kier alpha value is -4.16. The number of carbonyl (C=O) groups is 2. The summed E-state index contributed by atoms with van der Waals surface area (Å²) in [6.07, 6.45) is 2.09. The molecule has 0 aliphatic carbocycles. The van der Waals surface area contributed by atoms with Gasteiger partial charge in [-0.05, 0) is 42.0 Å². The number of anilines is 2. The number of benzene rings is 3. The molecule has 3 aromatic carbocycles. The summed E-state index contributed by atoms with van der Waals surface area (Å²) in [6, 6.07) is 30.8. The van der Waals surface area contributed by atoms with E-state index in [9.17, 15) is 9.59 Å². The highest BCUT2D eigenvalue weighted by molar-refractivity contribution is 6.10. The normalized spacial score (nSPS) is 15.4. The van der Waals surface area contributed by atoms with Crippen LogP contribution in [0.15, 0.2) is 103 Å². The molecule has 1 atom stereocenters. The zero-order chi connectivity index (χ0) is 23.3. The van der Waals surface area contributed by atoms with E-state index in [1.165, 1.54) is 5.69 Å². The third kappa shape index (κ3) is 4.63. The van der Waals surface area contributed by atoms with E-state index in [4.69, 9.17) is 0 Å². The van der Waals surface area contributed by atoms with Crippen molar-refractivity contribution in [3.63, 3.8) is 0 Å². The smallest absolute Gasteiger partial charge is 0.257 e. The van der Waals surface area contributed by atoms with Gasteiger partial charge in [0, 0.05) is 30.7 Å². The number of hydrogen-bond donors (Lipinski definition) is 2. The van der Waals surface area contributed by atoms with E-state index in [0.717, 1.165) is 18.7 Å². The summed E-state index contributed by atoms with van der Waals surface area (Å²) in [4.78, 5) is 28.2. The van der Waals surface area contributed by atoms with Crippen LogP contribution in [-0.4, -0.2) is 34.4 Å². The highest BCUT2D eigenvalue weighted by Crippen LogP contribution is 2.32. The van der Waals surface area contributed by atoms with Crippen LogP contribution in [-0.2, 0) is 11.3 Å². The van der Waals surface area contributed by atoms with Crippen LogP contribution in [0.4, 0.5) is 11.4 Å². The largest absolute Gasteiger partial charge is 0.348 e. The molecule has 1 aromatic heterocycles. The molecule has 1 aliphatic heterocycles. The Morgan fingerprint density at radius 2 is 1.47 bits per heavy atom. The monoisotopic (exact) mass is 450 g/mol. The minimum atomic E-state index is -0.264. The average molecular weight is 451 g/mol. The molecule has 2 N–H and O–H groups in total. The van der Waals surface area contributed by atoms with E-state index in [0.29, 0.717) is 16.9 Å². The minimum Gasteiger partial charge on any atom is -0.348 e. The van der Waals surface area contributed by atoms with Gasteiger partial charge in [-0.1, -0.05) is 60.7 Å². The van der Waals surface area contributed by atoms with E-state index in [1.54, 1.807) is 18.2 Å². The number of nitrogens with one attached hydrogen (secondary N) is 2. The lowest BCUT2D eigenvalue weighted by atomic mass is 10.00. The van der Waals surface area contributed by atoms with Crippen LogP contribution in [0.3, 0.4) is 0 Å². The molecule has 0 spiro atoms. The molecular weight excluding hydrogens is 424 g/mol. The van der Waals surface area contributed by atoms with Gasteiger partial charge in [-0.15, -0.1) is 0 Å². The number of carbonyl (C=O) groups excluding carboxylic acids is 2. The molecule has 1 aliphatic rings. The molecule has 2 heterocycles. The molecule has 0 fully saturated rings. The predicted octanol–water partition coefficient (Wildman–Crippen LogP) is 4.78. The maximum atomic E-state index is 13.1. The zero-order valence-electron chi connectivity index (χ0n) is 18.7. The lowest BCUT2D eigenvalue weighted by molar-refractivity contribution is -0.117. The Kier molecular flexibility index (Phi) is 6.23. The fourth-order valence-corrected chi connectivity index (χ4v) is 4.50. The minimum absolute atomic E-state index is 0.00711. The summed E-state index contributed by atoms with van der Waals surface area (Å²) >= 11 is 0. The quantitative estimate of drug-likeness (QED) is 0.444. The van der Waals surface area contributed by atoms with Crippen LogP contribution in [0.5, 0.6) is 0 Å². The first kappa shape index (κ1) is 21.7. The Morgan fingerprint density at radius 3 is 2.26 bits per heavy atom. The second-order valence-electron chi connectivity index (χ2n) is 8.32. The molecule has 0 bridgehead atoms. The van der Waals surface area contributed by atoms with Gasteiger partial charge in [0.1, 0.15) is 0 Å². The molecule has 0 radical (unpaired) electrons. The molecule has 1 unspecified atom stereocenters. The summed E-state index contributed by atoms with van der Waals surface area (Å²) < 4.78 is 2.25. The first-order chi connectivity index (χ1) is 16.7. The van der Waals surface area contributed by atoms with Crippen LogP contribution in [0.1, 0.15) is 27.7 Å². The van der Waals surface area contributed by atoms with Gasteiger partial charge in [0.25, 0.3) is 5.91 Å². The lowest BCUT2D eigenvalue weighted by Gasteiger charge is -2.36. The van der Waals surface area contributed by atoms with Crippen LogP contribution in [0.2, 0.25) is 0 Å². The zero-order valence-corrected chi connectivity index (χ0v) is 18.7. The summed E-state index contributed by atoms with van der Waals surface area (Å²) in [5, 5.41) is 5.85. The van der Waals surface area contributed by atoms with E-state index in [2.05, 4.69) is 50.6 Å². The standard InChI is InChI=1S/C28H26N4O2/c33-26(30-24-15-8-7-14-23(24)28(34)29-22-12-5-2-6-13-22)20-32-19-18-31-17-9-16-25(31)27(32)21-10-3-1-4-11-21/h1-17,27H,18-20H2,(H,29,34)(H,30,33). The molecule has 4 aromatic rings. The van der Waals surface area contributed by atoms with Crippen molar-refractivity contribution in [1.82, 2.24) is 9.47 Å². The average Bonchev–Trinajstić information content (AvgIpc) is 3.34. The number of amides is 2. The summed E-state index contributed by atoms with van der Waals surface area (Å²) in [7, 11) is 0. The van der Waals surface area contributed by atoms with Crippen molar-refractivity contribution in [2.45, 2.75) is 12.6 Å². The lowest BCUT2D eigenvalue weighted by Crippen LogP contribution is -2.42. The van der Waals surface area contributed by atoms with Crippen molar-refractivity contribution in [2.75, 3.05) is 23.7 Å². The summed E-state index contributed by atoms with van der Waals surface area (Å²) in [5.74, 6) is -0.416. The van der Waals surface area contributed by atoms with E-state index < -0.39 is 0 Å². The van der Waals surface area contributed by atoms with Crippen LogP contribution in [0.25, 0.3) is 0 Å². The topological polar surface area (TPSA) is 66.4 Å². The number of hydrogen-bond acceptors (Lipinski definition) is 3. The maximum absolute atomic E-state index is 13.1. The van der Waals surface area contributed by atoms with Gasteiger partial charge in [0.15, 0.2) is 0 Å². The molecule has 0 saturated heterocycles. The molecule has 170 valence electrons. The van der Waals surface area contributed by atoms with Gasteiger partial charge in [-0.2, -0.15) is 0 Å². The number of nitrogens with zero attached hydrogens (tertiary/aromatic N) is 2. The molecule has 6 heteroatoms. The van der Waals surface area contributed by atoms with E-state index in [1.807, 2.05) is 54.6 Å². The fraction of sp³-hybridized carbons (Fsp3) is 0.143. The number of rotatable bonds is 6. The molecule has 34 heavy (non-hydrogen) atoms. The molecule has 0 saturated carbocycles. The van der Waals surface area contributed by atoms with Gasteiger partial charge in [-0.25, -0.2) is 0 Å². The first-order valence-electron chi connectivity index (χ1n) is 11.4. The van der Waals surface area contributed by atoms with Gasteiger partial charge in [0.2, 0.25) is 5.91 Å². The SMILES string of the molecule is O=C(CN1CCn2cccc2C1c1ccccc1)Nc1ccccc1C(=O)Nc1ccccc1. The number of aromatic nitrogens is 1. The number of fused-ring (bicyclic) bond motifs is 1. The van der Waals surface area contributed by atoms with Gasteiger partial charge in [0.05, 0.1) is 23.8 Å². The van der Waals surface area contributed by atoms with Crippen LogP contribution in [0, 0.1) is 0 Å². The third-order valence-corrected chi connectivity index (χ3v) is 6.08. The van der Waals surface area contributed by atoms with E-state index >= 15 is 0 Å². The van der Waals surface area contributed by atoms with Crippen molar-refractivity contribution in [3.8, 4) is 0 Å². The van der Waals surface area contributed by atoms with Gasteiger partial charge >= 0.3 is 0 Å². The third-order valence-electron chi connectivity index (χ3n) is 6.08. The summed E-state index contributed by atoms with van der Waals surface area (Å²) in [5.41, 5.74) is 3.95. The Bertz CT molecular complexity index is 1280.